The molecule has 1 aromatic carbocycles. The minimum atomic E-state index is -0.0259. The van der Waals surface area contributed by atoms with E-state index in [-0.39, 0.29) is 6.61 Å². The van der Waals surface area contributed by atoms with E-state index in [2.05, 4.69) is 20.9 Å². The fourth-order valence-electron chi connectivity index (χ4n) is 1.49. The van der Waals surface area contributed by atoms with Crippen LogP contribution in [0.2, 0.25) is 0 Å². The molecule has 0 aliphatic heterocycles. The molecule has 3 nitrogen and oxygen atoms in total. The van der Waals surface area contributed by atoms with Crippen molar-refractivity contribution in [1.29, 1.82) is 0 Å². The number of hydrogen-bond donors (Lipinski definition) is 1. The first-order valence-corrected chi connectivity index (χ1v) is 6.67. The maximum atomic E-state index is 9.32. The second-order valence-corrected chi connectivity index (χ2v) is 5.48. The third-order valence-corrected chi connectivity index (χ3v) is 4.30. The lowest BCUT2D eigenvalue weighted by atomic mass is 10.1. The highest BCUT2D eigenvalue weighted by molar-refractivity contribution is 9.10. The zero-order valence-electron chi connectivity index (χ0n) is 9.53. The molecule has 0 fully saturated rings. The van der Waals surface area contributed by atoms with E-state index in [4.69, 9.17) is 4.74 Å². The maximum absolute atomic E-state index is 9.32. The van der Waals surface area contributed by atoms with Crippen molar-refractivity contribution in [2.75, 3.05) is 7.11 Å². The predicted molar refractivity (Wildman–Crippen MR) is 72.5 cm³/mol. The molecule has 0 saturated carbocycles. The predicted octanol–water partition coefficient (Wildman–Crippen LogP) is 3.38. The summed E-state index contributed by atoms with van der Waals surface area (Å²) in [6, 6.07) is 6.02. The number of aromatic nitrogens is 1. The van der Waals surface area contributed by atoms with Gasteiger partial charge in [0.1, 0.15) is 0 Å². The van der Waals surface area contributed by atoms with Crippen molar-refractivity contribution in [1.82, 2.24) is 4.98 Å². The van der Waals surface area contributed by atoms with Gasteiger partial charge in [-0.05, 0) is 18.6 Å². The van der Waals surface area contributed by atoms with E-state index < -0.39 is 0 Å². The molecule has 0 spiro atoms. The molecule has 1 aromatic heterocycles. The molecule has 17 heavy (non-hydrogen) atoms. The van der Waals surface area contributed by atoms with Crippen molar-refractivity contribution in [3.05, 3.63) is 33.1 Å². The Kier molecular flexibility index (Phi) is 3.81. The van der Waals surface area contributed by atoms with Crippen LogP contribution in [0, 0.1) is 6.92 Å². The Bertz CT molecular complexity index is 539. The fraction of sp³-hybridized carbons (Fsp3) is 0.250. The summed E-state index contributed by atoms with van der Waals surface area (Å²) in [6.45, 7) is 2.00. The number of aliphatic hydroxyl groups is 1. The third-order valence-electron chi connectivity index (χ3n) is 2.44. The first kappa shape index (κ1) is 12.5. The van der Waals surface area contributed by atoms with Crippen molar-refractivity contribution in [2.45, 2.75) is 13.5 Å². The summed E-state index contributed by atoms with van der Waals surface area (Å²) in [5.41, 5.74) is 2.93. The highest BCUT2D eigenvalue weighted by atomic mass is 79.9. The number of thiazole rings is 1. The lowest BCUT2D eigenvalue weighted by molar-refractivity contribution is 0.286. The first-order valence-electron chi connectivity index (χ1n) is 5.06. The van der Waals surface area contributed by atoms with Crippen LogP contribution >= 0.6 is 27.3 Å². The van der Waals surface area contributed by atoms with E-state index in [1.54, 1.807) is 7.11 Å². The summed E-state index contributed by atoms with van der Waals surface area (Å²) in [4.78, 5) is 5.17. The van der Waals surface area contributed by atoms with Crippen LogP contribution in [0.4, 0.5) is 0 Å². The first-order chi connectivity index (χ1) is 8.15. The Morgan fingerprint density at radius 2 is 2.24 bits per heavy atom. The Morgan fingerprint density at radius 3 is 2.82 bits per heavy atom. The number of halogens is 1. The molecule has 1 N–H and O–H groups in total. The van der Waals surface area contributed by atoms with Gasteiger partial charge in [0, 0.05) is 10.0 Å². The third kappa shape index (κ3) is 2.51. The Morgan fingerprint density at radius 1 is 1.47 bits per heavy atom. The molecule has 0 atom stereocenters. The minimum absolute atomic E-state index is 0.0259. The number of benzene rings is 1. The van der Waals surface area contributed by atoms with E-state index >= 15 is 0 Å². The summed E-state index contributed by atoms with van der Waals surface area (Å²) < 4.78 is 6.13. The molecule has 90 valence electrons. The molecule has 2 aromatic rings. The smallest absolute Gasteiger partial charge is 0.273 e. The van der Waals surface area contributed by atoms with Gasteiger partial charge in [0.25, 0.3) is 5.19 Å². The van der Waals surface area contributed by atoms with Gasteiger partial charge in [-0.15, -0.1) is 0 Å². The average molecular weight is 314 g/mol. The van der Waals surface area contributed by atoms with E-state index in [9.17, 15) is 5.11 Å². The molecule has 0 amide bonds. The van der Waals surface area contributed by atoms with Crippen LogP contribution in [0.3, 0.4) is 0 Å². The second kappa shape index (κ2) is 5.16. The number of hydrogen-bond acceptors (Lipinski definition) is 4. The lowest BCUT2D eigenvalue weighted by Gasteiger charge is -2.03. The van der Waals surface area contributed by atoms with E-state index in [0.29, 0.717) is 5.19 Å². The molecule has 2 rings (SSSR count). The van der Waals surface area contributed by atoms with Gasteiger partial charge in [-0.3, -0.25) is 0 Å². The van der Waals surface area contributed by atoms with E-state index in [1.807, 2.05) is 25.1 Å². The lowest BCUT2D eigenvalue weighted by Crippen LogP contribution is -1.87. The number of rotatable bonds is 3. The van der Waals surface area contributed by atoms with Crippen LogP contribution in [0.5, 0.6) is 5.19 Å². The van der Waals surface area contributed by atoms with Crippen LogP contribution in [-0.4, -0.2) is 17.2 Å². The molecule has 5 heteroatoms. The molecule has 0 bridgehead atoms. The maximum Gasteiger partial charge on any atom is 0.273 e. The van der Waals surface area contributed by atoms with Gasteiger partial charge in [-0.25, -0.2) is 4.98 Å². The quantitative estimate of drug-likeness (QED) is 0.944. The van der Waals surface area contributed by atoms with Crippen molar-refractivity contribution >= 4 is 27.3 Å². The summed E-state index contributed by atoms with van der Waals surface area (Å²) in [5.74, 6) is 0. The normalized spacial score (nSPS) is 10.6. The highest BCUT2D eigenvalue weighted by Gasteiger charge is 2.13. The topological polar surface area (TPSA) is 42.4 Å². The molecule has 1 heterocycles. The monoisotopic (exact) mass is 313 g/mol. The molecule has 0 unspecified atom stereocenters. The van der Waals surface area contributed by atoms with Gasteiger partial charge in [-0.1, -0.05) is 39.4 Å². The van der Waals surface area contributed by atoms with Gasteiger partial charge in [0.05, 0.1) is 24.3 Å². The van der Waals surface area contributed by atoms with Crippen LogP contribution in [-0.2, 0) is 6.61 Å². The van der Waals surface area contributed by atoms with Gasteiger partial charge in [-0.2, -0.15) is 0 Å². The van der Waals surface area contributed by atoms with Crippen molar-refractivity contribution < 1.29 is 9.84 Å². The summed E-state index contributed by atoms with van der Waals surface area (Å²) in [7, 11) is 1.58. The van der Waals surface area contributed by atoms with Crippen LogP contribution < -0.4 is 4.74 Å². The van der Waals surface area contributed by atoms with Crippen molar-refractivity contribution in [3.63, 3.8) is 0 Å². The number of aryl methyl sites for hydroxylation is 1. The molecular formula is C12H12BrNO2S. The summed E-state index contributed by atoms with van der Waals surface area (Å²) in [5, 5.41) is 9.89. The van der Waals surface area contributed by atoms with Gasteiger partial charge in [0.2, 0.25) is 0 Å². The largest absolute Gasteiger partial charge is 0.473 e. The van der Waals surface area contributed by atoms with Gasteiger partial charge >= 0.3 is 0 Å². The highest BCUT2D eigenvalue weighted by Crippen LogP contribution is 2.34. The molecule has 0 radical (unpaired) electrons. The van der Waals surface area contributed by atoms with E-state index in [0.717, 1.165) is 20.6 Å². The summed E-state index contributed by atoms with van der Waals surface area (Å²) >= 11 is 4.86. The van der Waals surface area contributed by atoms with E-state index in [1.165, 1.54) is 16.9 Å². The number of aliphatic hydroxyl groups excluding tert-OH is 1. The second-order valence-electron chi connectivity index (χ2n) is 3.58. The molecule has 0 saturated heterocycles. The zero-order chi connectivity index (χ0) is 12.4. The number of ether oxygens (including phenoxy) is 1. The van der Waals surface area contributed by atoms with Gasteiger partial charge in [0.15, 0.2) is 0 Å². The Labute approximate surface area is 112 Å². The van der Waals surface area contributed by atoms with Crippen molar-refractivity contribution in [2.24, 2.45) is 0 Å². The molecule has 0 aliphatic rings. The van der Waals surface area contributed by atoms with Crippen molar-refractivity contribution in [3.8, 4) is 16.5 Å². The standard InChI is InChI=1S/C12H12BrNO2S/c1-7-3-4-8(5-9(7)13)11-10(6-15)17-12(14-11)16-2/h3-5,15H,6H2,1-2H3. The van der Waals surface area contributed by atoms with Crippen LogP contribution in [0.1, 0.15) is 10.4 Å². The Balaban J connectivity index is 2.51. The zero-order valence-corrected chi connectivity index (χ0v) is 11.9. The van der Waals surface area contributed by atoms with Crippen LogP contribution in [0.25, 0.3) is 11.3 Å². The molecule has 0 aliphatic carbocycles. The van der Waals surface area contributed by atoms with Gasteiger partial charge < -0.3 is 9.84 Å². The fourth-order valence-corrected chi connectivity index (χ4v) is 2.62. The summed E-state index contributed by atoms with van der Waals surface area (Å²) in [6.07, 6.45) is 0. The molecular weight excluding hydrogens is 302 g/mol. The minimum Gasteiger partial charge on any atom is -0.473 e. The SMILES string of the molecule is COc1nc(-c2ccc(C)c(Br)c2)c(CO)s1. The number of methoxy groups -OCH3 is 1. The number of nitrogens with zero attached hydrogens (tertiary/aromatic N) is 1. The van der Waals surface area contributed by atoms with Crippen LogP contribution in [0.15, 0.2) is 22.7 Å². The Hall–Kier alpha value is -0.910. The average Bonchev–Trinajstić information content (AvgIpc) is 2.76.